The summed E-state index contributed by atoms with van der Waals surface area (Å²) in [6.45, 7) is 1.54. The van der Waals surface area contributed by atoms with Crippen LogP contribution in [0.1, 0.15) is 11.1 Å². The molecule has 1 amide bonds. The molecule has 2 aromatic rings. The van der Waals surface area contributed by atoms with Crippen molar-refractivity contribution in [2.24, 2.45) is 0 Å². The van der Waals surface area contributed by atoms with Crippen LogP contribution in [-0.2, 0) is 14.3 Å². The number of halogens is 2. The maximum absolute atomic E-state index is 12.8. The number of carbonyl (C=O) groups excluding carboxylic acids is 2. The fourth-order valence-electron chi connectivity index (χ4n) is 1.79. The van der Waals surface area contributed by atoms with Crippen molar-refractivity contribution in [1.82, 2.24) is 0 Å². The van der Waals surface area contributed by atoms with E-state index in [9.17, 15) is 14.0 Å². The number of esters is 1. The summed E-state index contributed by atoms with van der Waals surface area (Å²) in [5, 5.41) is 2.63. The van der Waals surface area contributed by atoms with Crippen LogP contribution in [0.15, 0.2) is 53.0 Å². The summed E-state index contributed by atoms with van der Waals surface area (Å²) in [7, 11) is 0. The Balaban J connectivity index is 1.81. The summed E-state index contributed by atoms with van der Waals surface area (Å²) in [6, 6.07) is 11.0. The topological polar surface area (TPSA) is 55.4 Å². The maximum atomic E-state index is 12.8. The van der Waals surface area contributed by atoms with Gasteiger partial charge in [-0.05, 0) is 48.4 Å². The van der Waals surface area contributed by atoms with E-state index in [0.29, 0.717) is 11.3 Å². The molecule has 124 valence electrons. The summed E-state index contributed by atoms with van der Waals surface area (Å²) < 4.78 is 18.5. The lowest BCUT2D eigenvalue weighted by Gasteiger charge is -2.07. The van der Waals surface area contributed by atoms with Gasteiger partial charge in [-0.3, -0.25) is 4.79 Å². The molecule has 6 heteroatoms. The van der Waals surface area contributed by atoms with E-state index in [2.05, 4.69) is 21.2 Å². The van der Waals surface area contributed by atoms with Gasteiger partial charge in [-0.2, -0.15) is 0 Å². The minimum atomic E-state index is -0.653. The fraction of sp³-hybridized carbons (Fsp3) is 0.111. The Morgan fingerprint density at radius 1 is 1.21 bits per heavy atom. The number of hydrogen-bond acceptors (Lipinski definition) is 3. The van der Waals surface area contributed by atoms with Gasteiger partial charge in [0.05, 0.1) is 0 Å². The third kappa shape index (κ3) is 5.62. The van der Waals surface area contributed by atoms with Gasteiger partial charge in [-0.1, -0.05) is 34.1 Å². The van der Waals surface area contributed by atoms with Crippen molar-refractivity contribution in [1.29, 1.82) is 0 Å². The van der Waals surface area contributed by atoms with Crippen molar-refractivity contribution >= 4 is 39.6 Å². The van der Waals surface area contributed by atoms with Crippen LogP contribution in [0, 0.1) is 12.7 Å². The second-order valence-corrected chi connectivity index (χ2v) is 5.86. The van der Waals surface area contributed by atoms with Crippen molar-refractivity contribution < 1.29 is 18.7 Å². The number of benzene rings is 2. The molecule has 0 spiro atoms. The molecule has 2 rings (SSSR count). The number of carbonyl (C=O) groups is 2. The Morgan fingerprint density at radius 2 is 1.92 bits per heavy atom. The zero-order valence-electron chi connectivity index (χ0n) is 12.9. The number of nitrogens with one attached hydrogen (secondary N) is 1. The first-order valence-corrected chi connectivity index (χ1v) is 7.90. The molecule has 0 unspecified atom stereocenters. The highest BCUT2D eigenvalue weighted by molar-refractivity contribution is 9.10. The molecule has 0 bridgehead atoms. The molecule has 0 aliphatic rings. The van der Waals surface area contributed by atoms with Crippen LogP contribution in [0.4, 0.5) is 10.1 Å². The Labute approximate surface area is 147 Å². The zero-order valence-corrected chi connectivity index (χ0v) is 14.5. The molecule has 0 radical (unpaired) electrons. The van der Waals surface area contributed by atoms with Gasteiger partial charge < -0.3 is 10.1 Å². The minimum absolute atomic E-state index is 0.353. The van der Waals surface area contributed by atoms with E-state index >= 15 is 0 Å². The number of amides is 1. The van der Waals surface area contributed by atoms with Crippen molar-refractivity contribution in [2.75, 3.05) is 11.9 Å². The second kappa shape index (κ2) is 8.40. The van der Waals surface area contributed by atoms with Crippen LogP contribution < -0.4 is 5.32 Å². The Kier molecular flexibility index (Phi) is 6.26. The van der Waals surface area contributed by atoms with Gasteiger partial charge in [0.25, 0.3) is 5.91 Å². The van der Waals surface area contributed by atoms with Gasteiger partial charge in [0.1, 0.15) is 5.82 Å². The Hall–Kier alpha value is -2.47. The smallest absolute Gasteiger partial charge is 0.331 e. The van der Waals surface area contributed by atoms with Crippen molar-refractivity contribution in [3.8, 4) is 0 Å². The summed E-state index contributed by atoms with van der Waals surface area (Å²) in [6.07, 6.45) is 2.67. The predicted octanol–water partition coefficient (Wildman–Crippen LogP) is 4.09. The van der Waals surface area contributed by atoms with E-state index in [-0.39, 0.29) is 5.82 Å². The van der Waals surface area contributed by atoms with E-state index in [1.807, 2.05) is 13.0 Å². The lowest BCUT2D eigenvalue weighted by molar-refractivity contribution is -0.142. The van der Waals surface area contributed by atoms with Gasteiger partial charge in [0.15, 0.2) is 6.61 Å². The van der Waals surface area contributed by atoms with Crippen LogP contribution in [0.3, 0.4) is 0 Å². The molecule has 0 aliphatic heterocycles. The molecule has 4 nitrogen and oxygen atoms in total. The molecule has 0 heterocycles. The molecule has 1 N–H and O–H groups in total. The highest BCUT2D eigenvalue weighted by atomic mass is 79.9. The number of rotatable bonds is 5. The molecule has 0 saturated carbocycles. The van der Waals surface area contributed by atoms with Crippen LogP contribution >= 0.6 is 15.9 Å². The average Bonchev–Trinajstić information content (AvgIpc) is 2.56. The number of hydrogen-bond donors (Lipinski definition) is 1. The van der Waals surface area contributed by atoms with Gasteiger partial charge in [-0.15, -0.1) is 0 Å². The number of aryl methyl sites for hydroxylation is 1. The first-order valence-electron chi connectivity index (χ1n) is 7.10. The van der Waals surface area contributed by atoms with Crippen LogP contribution in [0.5, 0.6) is 0 Å². The van der Waals surface area contributed by atoms with Crippen molar-refractivity contribution in [2.45, 2.75) is 6.92 Å². The van der Waals surface area contributed by atoms with Gasteiger partial charge in [-0.25, -0.2) is 9.18 Å². The number of ether oxygens (including phenoxy) is 1. The van der Waals surface area contributed by atoms with E-state index in [0.717, 1.165) is 10.0 Å². The Bertz CT molecular complexity index is 772. The number of anilines is 1. The van der Waals surface area contributed by atoms with E-state index in [1.165, 1.54) is 36.4 Å². The predicted molar refractivity (Wildman–Crippen MR) is 93.9 cm³/mol. The summed E-state index contributed by atoms with van der Waals surface area (Å²) in [5.74, 6) is -1.44. The van der Waals surface area contributed by atoms with Crippen LogP contribution in [-0.4, -0.2) is 18.5 Å². The molecular formula is C18H15BrFNO3. The van der Waals surface area contributed by atoms with E-state index < -0.39 is 18.5 Å². The van der Waals surface area contributed by atoms with Gasteiger partial charge in [0.2, 0.25) is 0 Å². The third-order valence-electron chi connectivity index (χ3n) is 3.08. The monoisotopic (exact) mass is 391 g/mol. The first-order chi connectivity index (χ1) is 11.4. The average molecular weight is 392 g/mol. The van der Waals surface area contributed by atoms with Crippen LogP contribution in [0.25, 0.3) is 6.08 Å². The highest BCUT2D eigenvalue weighted by Gasteiger charge is 2.06. The largest absolute Gasteiger partial charge is 0.452 e. The summed E-state index contributed by atoms with van der Waals surface area (Å²) >= 11 is 3.38. The van der Waals surface area contributed by atoms with E-state index in [4.69, 9.17) is 4.74 Å². The maximum Gasteiger partial charge on any atom is 0.331 e. The van der Waals surface area contributed by atoms with E-state index in [1.54, 1.807) is 12.1 Å². The second-order valence-electron chi connectivity index (χ2n) is 5.00. The SMILES string of the molecule is Cc1ccc(NC(=O)COC(=O)/C=C/c2ccc(F)cc2)cc1Br. The summed E-state index contributed by atoms with van der Waals surface area (Å²) in [5.41, 5.74) is 2.31. The zero-order chi connectivity index (χ0) is 17.5. The van der Waals surface area contributed by atoms with Gasteiger partial charge >= 0.3 is 5.97 Å². The quantitative estimate of drug-likeness (QED) is 0.616. The molecule has 0 saturated heterocycles. The van der Waals surface area contributed by atoms with Crippen molar-refractivity contribution in [3.05, 3.63) is 70.0 Å². The van der Waals surface area contributed by atoms with Gasteiger partial charge in [0, 0.05) is 16.2 Å². The lowest BCUT2D eigenvalue weighted by atomic mass is 10.2. The molecular weight excluding hydrogens is 377 g/mol. The first kappa shape index (κ1) is 17.9. The molecule has 2 aromatic carbocycles. The lowest BCUT2D eigenvalue weighted by Crippen LogP contribution is -2.20. The molecule has 0 atom stereocenters. The normalized spacial score (nSPS) is 10.6. The fourth-order valence-corrected chi connectivity index (χ4v) is 2.17. The summed E-state index contributed by atoms with van der Waals surface area (Å²) in [4.78, 5) is 23.3. The molecule has 0 aromatic heterocycles. The highest BCUT2D eigenvalue weighted by Crippen LogP contribution is 2.20. The van der Waals surface area contributed by atoms with Crippen LogP contribution in [0.2, 0.25) is 0 Å². The third-order valence-corrected chi connectivity index (χ3v) is 3.94. The minimum Gasteiger partial charge on any atom is -0.452 e. The molecule has 0 aliphatic carbocycles. The Morgan fingerprint density at radius 3 is 2.58 bits per heavy atom. The standard InChI is InChI=1S/C18H15BrFNO3/c1-12-2-8-15(10-16(12)19)21-17(22)11-24-18(23)9-5-13-3-6-14(20)7-4-13/h2-10H,11H2,1H3,(H,21,22)/b9-5+. The molecule has 24 heavy (non-hydrogen) atoms. The van der Waals surface area contributed by atoms with Crippen molar-refractivity contribution in [3.63, 3.8) is 0 Å². The molecule has 0 fully saturated rings.